The minimum atomic E-state index is -0.0936. The standard InChI is InChI=1S/C14H26N2O/c15-13(8-17)7-16-9-14-4-10-1-11(5-14)3-12(2-10)6-14/h10-13,16-17H,1-9,15H2. The Morgan fingerprint density at radius 1 is 1.12 bits per heavy atom. The number of aliphatic hydroxyl groups is 1. The van der Waals surface area contributed by atoms with Gasteiger partial charge in [-0.1, -0.05) is 0 Å². The van der Waals surface area contributed by atoms with Crippen molar-refractivity contribution in [2.75, 3.05) is 19.7 Å². The van der Waals surface area contributed by atoms with Crippen LogP contribution in [0.5, 0.6) is 0 Å². The zero-order valence-electron chi connectivity index (χ0n) is 10.7. The fourth-order valence-corrected chi connectivity index (χ4v) is 5.09. The number of nitrogens with one attached hydrogen (secondary N) is 1. The Morgan fingerprint density at radius 2 is 1.65 bits per heavy atom. The van der Waals surface area contributed by atoms with Crippen LogP contribution in [-0.4, -0.2) is 30.8 Å². The largest absolute Gasteiger partial charge is 0.395 e. The summed E-state index contributed by atoms with van der Waals surface area (Å²) in [6.45, 7) is 1.98. The monoisotopic (exact) mass is 238 g/mol. The van der Waals surface area contributed by atoms with E-state index in [4.69, 9.17) is 10.8 Å². The van der Waals surface area contributed by atoms with Gasteiger partial charge >= 0.3 is 0 Å². The second-order valence-electron chi connectivity index (χ2n) is 6.99. The van der Waals surface area contributed by atoms with Crippen LogP contribution in [0.1, 0.15) is 38.5 Å². The molecule has 0 heterocycles. The van der Waals surface area contributed by atoms with Gasteiger partial charge in [-0.25, -0.2) is 0 Å². The summed E-state index contributed by atoms with van der Waals surface area (Å²) in [6.07, 6.45) is 8.86. The number of nitrogens with two attached hydrogens (primary N) is 1. The Balaban J connectivity index is 1.55. The molecule has 0 aromatic rings. The number of rotatable bonds is 5. The van der Waals surface area contributed by atoms with Crippen molar-refractivity contribution in [1.82, 2.24) is 5.32 Å². The van der Waals surface area contributed by atoms with Crippen LogP contribution in [0.4, 0.5) is 0 Å². The lowest BCUT2D eigenvalue weighted by atomic mass is 9.49. The summed E-state index contributed by atoms with van der Waals surface area (Å²) in [5, 5.41) is 12.4. The molecule has 4 bridgehead atoms. The Kier molecular flexibility index (Phi) is 3.18. The second-order valence-corrected chi connectivity index (χ2v) is 6.99. The van der Waals surface area contributed by atoms with E-state index < -0.39 is 0 Å². The minimum absolute atomic E-state index is 0.0911. The Bertz CT molecular complexity index is 244. The molecule has 0 saturated heterocycles. The molecule has 4 N–H and O–H groups in total. The van der Waals surface area contributed by atoms with Crippen LogP contribution in [0.15, 0.2) is 0 Å². The van der Waals surface area contributed by atoms with Crippen molar-refractivity contribution in [2.24, 2.45) is 28.9 Å². The average Bonchev–Trinajstić information content (AvgIpc) is 2.26. The van der Waals surface area contributed by atoms with Gasteiger partial charge in [0.2, 0.25) is 0 Å². The second kappa shape index (κ2) is 4.52. The van der Waals surface area contributed by atoms with Gasteiger partial charge in [0, 0.05) is 19.1 Å². The summed E-state index contributed by atoms with van der Waals surface area (Å²) in [4.78, 5) is 0. The van der Waals surface area contributed by atoms with Gasteiger partial charge in [0.15, 0.2) is 0 Å². The van der Waals surface area contributed by atoms with E-state index in [2.05, 4.69) is 5.32 Å². The van der Waals surface area contributed by atoms with Gasteiger partial charge in [-0.3, -0.25) is 0 Å². The molecule has 0 radical (unpaired) electrons. The Morgan fingerprint density at radius 3 is 2.12 bits per heavy atom. The zero-order valence-corrected chi connectivity index (χ0v) is 10.7. The lowest BCUT2D eigenvalue weighted by Gasteiger charge is -2.57. The van der Waals surface area contributed by atoms with Gasteiger partial charge in [-0.15, -0.1) is 0 Å². The van der Waals surface area contributed by atoms with Crippen molar-refractivity contribution in [3.63, 3.8) is 0 Å². The molecule has 4 saturated carbocycles. The molecule has 1 atom stereocenters. The normalized spacial score (nSPS) is 45.2. The minimum Gasteiger partial charge on any atom is -0.395 e. The molecule has 0 spiro atoms. The van der Waals surface area contributed by atoms with Crippen LogP contribution in [0.25, 0.3) is 0 Å². The molecule has 17 heavy (non-hydrogen) atoms. The van der Waals surface area contributed by atoms with E-state index in [1.807, 2.05) is 0 Å². The predicted molar refractivity (Wildman–Crippen MR) is 68.5 cm³/mol. The van der Waals surface area contributed by atoms with Crippen molar-refractivity contribution in [3.05, 3.63) is 0 Å². The zero-order chi connectivity index (χ0) is 11.9. The van der Waals surface area contributed by atoms with Crippen molar-refractivity contribution in [3.8, 4) is 0 Å². The smallest absolute Gasteiger partial charge is 0.0594 e. The van der Waals surface area contributed by atoms with E-state index in [0.717, 1.165) is 30.8 Å². The number of hydrogen-bond acceptors (Lipinski definition) is 3. The highest BCUT2D eigenvalue weighted by molar-refractivity contribution is 5.02. The fraction of sp³-hybridized carbons (Fsp3) is 1.00. The van der Waals surface area contributed by atoms with Crippen LogP contribution in [0, 0.1) is 23.2 Å². The molecule has 0 aromatic carbocycles. The van der Waals surface area contributed by atoms with Crippen molar-refractivity contribution in [2.45, 2.75) is 44.6 Å². The van der Waals surface area contributed by atoms with E-state index in [-0.39, 0.29) is 12.6 Å². The first kappa shape index (κ1) is 11.9. The van der Waals surface area contributed by atoms with Crippen LogP contribution < -0.4 is 11.1 Å². The Hall–Kier alpha value is -0.120. The fourth-order valence-electron chi connectivity index (χ4n) is 5.09. The molecule has 0 aromatic heterocycles. The first-order valence-electron chi connectivity index (χ1n) is 7.26. The lowest BCUT2D eigenvalue weighted by Crippen LogP contribution is -2.51. The summed E-state index contributed by atoms with van der Waals surface area (Å²) in [5.74, 6) is 3.07. The third-order valence-corrected chi connectivity index (χ3v) is 5.31. The summed E-state index contributed by atoms with van der Waals surface area (Å²) in [5.41, 5.74) is 6.33. The summed E-state index contributed by atoms with van der Waals surface area (Å²) in [7, 11) is 0. The highest BCUT2D eigenvalue weighted by atomic mass is 16.3. The van der Waals surface area contributed by atoms with Gasteiger partial charge in [-0.05, 0) is 61.7 Å². The third kappa shape index (κ3) is 2.38. The van der Waals surface area contributed by atoms with Gasteiger partial charge in [0.25, 0.3) is 0 Å². The first-order chi connectivity index (χ1) is 8.19. The Labute approximate surface area is 104 Å². The van der Waals surface area contributed by atoms with E-state index >= 15 is 0 Å². The molecule has 3 nitrogen and oxygen atoms in total. The van der Waals surface area contributed by atoms with Gasteiger partial charge in [0.05, 0.1) is 6.61 Å². The molecule has 4 fully saturated rings. The van der Waals surface area contributed by atoms with Crippen LogP contribution in [-0.2, 0) is 0 Å². The van der Waals surface area contributed by atoms with Crippen molar-refractivity contribution < 1.29 is 5.11 Å². The molecule has 0 amide bonds. The van der Waals surface area contributed by atoms with E-state index in [0.29, 0.717) is 5.41 Å². The van der Waals surface area contributed by atoms with E-state index in [1.54, 1.807) is 0 Å². The highest BCUT2D eigenvalue weighted by Gasteiger charge is 2.50. The molecule has 4 aliphatic rings. The third-order valence-electron chi connectivity index (χ3n) is 5.31. The van der Waals surface area contributed by atoms with Gasteiger partial charge < -0.3 is 16.2 Å². The molecular formula is C14H26N2O. The summed E-state index contributed by atoms with van der Waals surface area (Å²) >= 11 is 0. The molecular weight excluding hydrogens is 212 g/mol. The van der Waals surface area contributed by atoms with Crippen molar-refractivity contribution >= 4 is 0 Å². The average molecular weight is 238 g/mol. The maximum absolute atomic E-state index is 8.93. The summed E-state index contributed by atoms with van der Waals surface area (Å²) < 4.78 is 0. The lowest BCUT2D eigenvalue weighted by molar-refractivity contribution is -0.0514. The van der Waals surface area contributed by atoms with Gasteiger partial charge in [-0.2, -0.15) is 0 Å². The molecule has 0 aliphatic heterocycles. The molecule has 1 unspecified atom stereocenters. The molecule has 98 valence electrons. The van der Waals surface area contributed by atoms with E-state index in [9.17, 15) is 0 Å². The number of aliphatic hydroxyl groups excluding tert-OH is 1. The number of hydrogen-bond donors (Lipinski definition) is 3. The van der Waals surface area contributed by atoms with Crippen molar-refractivity contribution in [1.29, 1.82) is 0 Å². The molecule has 4 rings (SSSR count). The predicted octanol–water partition coefficient (Wildman–Crippen LogP) is 1.11. The SMILES string of the molecule is NC(CO)CNCC12CC3CC(CC(C3)C1)C2. The van der Waals surface area contributed by atoms with E-state index in [1.165, 1.54) is 38.5 Å². The quantitative estimate of drug-likeness (QED) is 0.672. The van der Waals surface area contributed by atoms with Gasteiger partial charge in [0.1, 0.15) is 0 Å². The maximum atomic E-state index is 8.93. The molecule has 4 aliphatic carbocycles. The van der Waals surface area contributed by atoms with Crippen LogP contribution in [0.2, 0.25) is 0 Å². The highest BCUT2D eigenvalue weighted by Crippen LogP contribution is 2.59. The first-order valence-corrected chi connectivity index (χ1v) is 7.26. The molecule has 3 heteroatoms. The maximum Gasteiger partial charge on any atom is 0.0594 e. The topological polar surface area (TPSA) is 58.3 Å². The van der Waals surface area contributed by atoms with Crippen LogP contribution >= 0.6 is 0 Å². The summed E-state index contributed by atoms with van der Waals surface area (Å²) in [6, 6.07) is -0.0936. The van der Waals surface area contributed by atoms with Crippen LogP contribution in [0.3, 0.4) is 0 Å².